The van der Waals surface area contributed by atoms with E-state index in [1.54, 1.807) is 30.0 Å². The molecule has 0 atom stereocenters. The molecule has 6 rings (SSSR count). The Balaban J connectivity index is 1.65. The number of thioether (sulfide) groups is 1. The first-order valence-corrected chi connectivity index (χ1v) is 15.5. The summed E-state index contributed by atoms with van der Waals surface area (Å²) in [5, 5.41) is 6.33. The van der Waals surface area contributed by atoms with Gasteiger partial charge in [-0.05, 0) is 56.9 Å². The van der Waals surface area contributed by atoms with Gasteiger partial charge in [0.25, 0.3) is 0 Å². The Kier molecular flexibility index (Phi) is 7.49. The molecular weight excluding hydrogens is 612 g/mol. The SMILES string of the molecule is COc1ccc(Cn2ncc3c(-c4nccc5c4sc4nc(SC)nc(OC(C)(C)C)c45)c(C(F)(F)F)c(C=O)cc32)cc1. The molecule has 0 amide bonds. The molecule has 6 aromatic rings. The van der Waals surface area contributed by atoms with E-state index in [0.717, 1.165) is 5.56 Å². The van der Waals surface area contributed by atoms with E-state index >= 15 is 0 Å². The van der Waals surface area contributed by atoms with Crippen molar-refractivity contribution in [1.29, 1.82) is 0 Å². The molecule has 226 valence electrons. The number of rotatable bonds is 7. The fraction of sp³-hybridized carbons (Fsp3) is 0.258. The number of alkyl halides is 3. The first-order chi connectivity index (χ1) is 20.9. The maximum atomic E-state index is 14.8. The maximum Gasteiger partial charge on any atom is 0.417 e. The number of hydrogen-bond acceptors (Lipinski definition) is 9. The lowest BCUT2D eigenvalue weighted by atomic mass is 9.94. The largest absolute Gasteiger partial charge is 0.497 e. The molecule has 44 heavy (non-hydrogen) atoms. The minimum atomic E-state index is -4.86. The van der Waals surface area contributed by atoms with Crippen LogP contribution in [0, 0.1) is 0 Å². The van der Waals surface area contributed by atoms with Gasteiger partial charge in [-0.1, -0.05) is 23.9 Å². The number of methoxy groups -OCH3 is 1. The number of carbonyl (C=O) groups excluding carboxylic acids is 1. The normalized spacial score (nSPS) is 12.4. The molecule has 0 saturated heterocycles. The van der Waals surface area contributed by atoms with Crippen LogP contribution in [-0.2, 0) is 12.7 Å². The van der Waals surface area contributed by atoms with E-state index in [1.807, 2.05) is 39.2 Å². The second-order valence-corrected chi connectivity index (χ2v) is 12.7. The van der Waals surface area contributed by atoms with Crippen LogP contribution in [0.2, 0.25) is 0 Å². The van der Waals surface area contributed by atoms with Crippen molar-refractivity contribution in [2.75, 3.05) is 13.4 Å². The summed E-state index contributed by atoms with van der Waals surface area (Å²) >= 11 is 2.54. The molecule has 0 spiro atoms. The monoisotopic (exact) mass is 637 g/mol. The second kappa shape index (κ2) is 11.0. The van der Waals surface area contributed by atoms with Crippen LogP contribution in [0.15, 0.2) is 53.9 Å². The van der Waals surface area contributed by atoms with Gasteiger partial charge in [0.15, 0.2) is 11.4 Å². The summed E-state index contributed by atoms with van der Waals surface area (Å²) in [4.78, 5) is 26.5. The van der Waals surface area contributed by atoms with Gasteiger partial charge in [-0.25, -0.2) is 4.98 Å². The Morgan fingerprint density at radius 3 is 2.45 bits per heavy atom. The van der Waals surface area contributed by atoms with Crippen molar-refractivity contribution in [2.24, 2.45) is 0 Å². The van der Waals surface area contributed by atoms with Gasteiger partial charge in [0, 0.05) is 28.1 Å². The van der Waals surface area contributed by atoms with E-state index in [0.29, 0.717) is 42.6 Å². The minimum absolute atomic E-state index is 0.0722. The summed E-state index contributed by atoms with van der Waals surface area (Å²) in [5.41, 5.74) is -1.08. The van der Waals surface area contributed by atoms with Gasteiger partial charge in [0.05, 0.1) is 46.7 Å². The van der Waals surface area contributed by atoms with Crippen molar-refractivity contribution < 1.29 is 27.4 Å². The van der Waals surface area contributed by atoms with Crippen LogP contribution in [0.5, 0.6) is 11.6 Å². The zero-order valence-electron chi connectivity index (χ0n) is 24.3. The Bertz CT molecular complexity index is 2050. The number of fused-ring (bicyclic) bond motifs is 4. The topological polar surface area (TPSA) is 92.0 Å². The van der Waals surface area contributed by atoms with Gasteiger partial charge in [0.1, 0.15) is 16.2 Å². The third kappa shape index (κ3) is 5.34. The number of aromatic nitrogens is 5. The number of thiophene rings is 1. The highest BCUT2D eigenvalue weighted by Gasteiger charge is 2.39. The van der Waals surface area contributed by atoms with Crippen molar-refractivity contribution in [1.82, 2.24) is 24.7 Å². The summed E-state index contributed by atoms with van der Waals surface area (Å²) in [6, 6.07) is 10.2. The van der Waals surface area contributed by atoms with E-state index in [2.05, 4.69) is 20.1 Å². The fourth-order valence-corrected chi connectivity index (χ4v) is 6.67. The van der Waals surface area contributed by atoms with Gasteiger partial charge in [-0.2, -0.15) is 23.3 Å². The molecule has 0 N–H and O–H groups in total. The van der Waals surface area contributed by atoms with E-state index < -0.39 is 22.9 Å². The standard InChI is InChI=1S/C31H26F3N5O3S2/c1-30(2,3)42-27-23-19-10-11-35-25(26(19)44-28(23)38-29(37-27)43-5)22-20-13-36-39(14-16-6-8-18(41-4)9-7-16)21(20)12-17(15-40)24(22)31(32,33)34/h6-13,15H,14H2,1-5H3. The van der Waals surface area contributed by atoms with Crippen LogP contribution in [0.4, 0.5) is 13.2 Å². The van der Waals surface area contributed by atoms with Crippen molar-refractivity contribution in [3.63, 3.8) is 0 Å². The van der Waals surface area contributed by atoms with Crippen LogP contribution >= 0.6 is 23.1 Å². The molecule has 0 saturated carbocycles. The molecule has 0 aliphatic rings. The number of halogens is 3. The van der Waals surface area contributed by atoms with Crippen LogP contribution in [0.1, 0.15) is 42.3 Å². The van der Waals surface area contributed by atoms with Gasteiger partial charge >= 0.3 is 6.18 Å². The number of ether oxygens (including phenoxy) is 2. The van der Waals surface area contributed by atoms with Crippen molar-refractivity contribution in [3.05, 3.63) is 65.5 Å². The van der Waals surface area contributed by atoms with Crippen molar-refractivity contribution in [2.45, 2.75) is 44.2 Å². The zero-order chi connectivity index (χ0) is 31.4. The predicted octanol–water partition coefficient (Wildman–Crippen LogP) is 8.04. The van der Waals surface area contributed by atoms with E-state index in [-0.39, 0.29) is 29.5 Å². The summed E-state index contributed by atoms with van der Waals surface area (Å²) in [7, 11) is 1.56. The minimum Gasteiger partial charge on any atom is -0.497 e. The van der Waals surface area contributed by atoms with Crippen LogP contribution in [0.3, 0.4) is 0 Å². The summed E-state index contributed by atoms with van der Waals surface area (Å²) in [5.74, 6) is 1.01. The molecule has 8 nitrogen and oxygen atoms in total. The lowest BCUT2D eigenvalue weighted by molar-refractivity contribution is -0.137. The highest BCUT2D eigenvalue weighted by Crippen LogP contribution is 2.48. The lowest BCUT2D eigenvalue weighted by Crippen LogP contribution is -2.23. The number of benzene rings is 2. The average molecular weight is 638 g/mol. The number of carbonyl (C=O) groups is 1. The third-order valence-corrected chi connectivity index (χ3v) is 8.55. The first-order valence-electron chi connectivity index (χ1n) is 13.4. The lowest BCUT2D eigenvalue weighted by Gasteiger charge is -2.21. The van der Waals surface area contributed by atoms with Gasteiger partial charge < -0.3 is 9.47 Å². The molecular formula is C31H26F3N5O3S2. The number of pyridine rings is 1. The molecule has 2 aromatic carbocycles. The maximum absolute atomic E-state index is 14.8. The molecule has 0 fully saturated rings. The van der Waals surface area contributed by atoms with Crippen molar-refractivity contribution in [3.8, 4) is 22.9 Å². The average Bonchev–Trinajstić information content (AvgIpc) is 3.56. The fourth-order valence-electron chi connectivity index (χ4n) is 5.10. The van der Waals surface area contributed by atoms with E-state index in [1.165, 1.54) is 41.6 Å². The number of nitrogens with zero attached hydrogens (tertiary/aromatic N) is 5. The molecule has 0 unspecified atom stereocenters. The van der Waals surface area contributed by atoms with Gasteiger partial charge in [0.2, 0.25) is 5.88 Å². The van der Waals surface area contributed by atoms with E-state index in [9.17, 15) is 18.0 Å². The Hall–Kier alpha value is -4.23. The second-order valence-electron chi connectivity index (χ2n) is 11.0. The Morgan fingerprint density at radius 1 is 1.07 bits per heavy atom. The summed E-state index contributed by atoms with van der Waals surface area (Å²) < 4.78 is 57.9. The number of hydrogen-bond donors (Lipinski definition) is 0. The summed E-state index contributed by atoms with van der Waals surface area (Å²) in [6.07, 6.45) is 0.0567. The first kappa shape index (κ1) is 29.8. The van der Waals surface area contributed by atoms with Crippen LogP contribution in [-0.4, -0.2) is 50.0 Å². The van der Waals surface area contributed by atoms with Crippen LogP contribution < -0.4 is 9.47 Å². The third-order valence-electron chi connectivity index (χ3n) is 6.90. The summed E-state index contributed by atoms with van der Waals surface area (Å²) in [6.45, 7) is 5.93. The molecule has 4 aromatic heterocycles. The predicted molar refractivity (Wildman–Crippen MR) is 166 cm³/mol. The molecule has 13 heteroatoms. The molecule has 0 aliphatic heterocycles. The van der Waals surface area contributed by atoms with E-state index in [4.69, 9.17) is 9.47 Å². The Labute approximate surface area is 258 Å². The van der Waals surface area contributed by atoms with Crippen LogP contribution in [0.25, 0.3) is 42.5 Å². The smallest absolute Gasteiger partial charge is 0.417 e. The molecule has 0 bridgehead atoms. The Morgan fingerprint density at radius 2 is 1.82 bits per heavy atom. The van der Waals surface area contributed by atoms with Gasteiger partial charge in [-0.3, -0.25) is 14.5 Å². The van der Waals surface area contributed by atoms with Gasteiger partial charge in [-0.15, -0.1) is 11.3 Å². The zero-order valence-corrected chi connectivity index (χ0v) is 25.9. The number of aldehydes is 1. The quantitative estimate of drug-likeness (QED) is 0.0987. The van der Waals surface area contributed by atoms with Crippen molar-refractivity contribution >= 4 is 60.6 Å². The molecule has 0 radical (unpaired) electrons. The molecule has 0 aliphatic carbocycles. The highest BCUT2D eigenvalue weighted by atomic mass is 32.2. The highest BCUT2D eigenvalue weighted by molar-refractivity contribution is 7.98. The molecule has 4 heterocycles.